The average molecular weight is 352 g/mol. The van der Waals surface area contributed by atoms with E-state index in [0.29, 0.717) is 36.2 Å². The Labute approximate surface area is 151 Å². The standard InChI is InChI=1S/C19H20N4O3/c1-4-8-25-14-7-6-12(9-15(14)24-5-2)17-13(10-20)18(21)26-19-16(17)11(3)22-23-19/h4,6-7,9,17H,1,5,8,21H2,2-3H3,(H,22,23). The van der Waals surface area contributed by atoms with Crippen molar-refractivity contribution in [1.82, 2.24) is 10.2 Å². The molecule has 0 spiro atoms. The number of nitriles is 1. The van der Waals surface area contributed by atoms with Crippen LogP contribution in [0.15, 0.2) is 42.3 Å². The zero-order valence-corrected chi connectivity index (χ0v) is 14.7. The fourth-order valence-corrected chi connectivity index (χ4v) is 2.97. The summed E-state index contributed by atoms with van der Waals surface area (Å²) in [6, 6.07) is 7.73. The highest BCUT2D eigenvalue weighted by atomic mass is 16.5. The number of allylic oxidation sites excluding steroid dienone is 1. The summed E-state index contributed by atoms with van der Waals surface area (Å²) in [5, 5.41) is 16.6. The molecule has 0 fully saturated rings. The molecule has 0 saturated carbocycles. The zero-order chi connectivity index (χ0) is 18.7. The molecule has 3 rings (SSSR count). The lowest BCUT2D eigenvalue weighted by molar-refractivity contribution is 0.296. The maximum Gasteiger partial charge on any atom is 0.244 e. The van der Waals surface area contributed by atoms with Crippen molar-refractivity contribution in [2.24, 2.45) is 5.73 Å². The Kier molecular flexibility index (Phi) is 4.85. The van der Waals surface area contributed by atoms with Gasteiger partial charge in [0.2, 0.25) is 11.8 Å². The van der Waals surface area contributed by atoms with Crippen LogP contribution in [0.1, 0.15) is 29.7 Å². The maximum absolute atomic E-state index is 9.63. The molecule has 134 valence electrons. The monoisotopic (exact) mass is 352 g/mol. The van der Waals surface area contributed by atoms with Gasteiger partial charge in [-0.15, -0.1) is 5.10 Å². The molecule has 3 N–H and O–H groups in total. The fourth-order valence-electron chi connectivity index (χ4n) is 2.97. The Bertz CT molecular complexity index is 908. The Morgan fingerprint density at radius 1 is 1.42 bits per heavy atom. The van der Waals surface area contributed by atoms with Gasteiger partial charge in [-0.2, -0.15) is 5.26 Å². The molecule has 0 amide bonds. The predicted octanol–water partition coefficient (Wildman–Crippen LogP) is 2.90. The molecule has 7 nitrogen and oxygen atoms in total. The van der Waals surface area contributed by atoms with E-state index in [0.717, 1.165) is 16.8 Å². The summed E-state index contributed by atoms with van der Waals surface area (Å²) >= 11 is 0. The smallest absolute Gasteiger partial charge is 0.244 e. The van der Waals surface area contributed by atoms with E-state index in [-0.39, 0.29) is 5.88 Å². The second kappa shape index (κ2) is 7.23. The first-order chi connectivity index (χ1) is 12.6. The molecule has 1 unspecified atom stereocenters. The molecule has 0 aliphatic carbocycles. The van der Waals surface area contributed by atoms with Crippen molar-refractivity contribution in [1.29, 1.82) is 5.26 Å². The van der Waals surface area contributed by atoms with Crippen molar-refractivity contribution in [2.45, 2.75) is 19.8 Å². The van der Waals surface area contributed by atoms with Gasteiger partial charge in [0.1, 0.15) is 18.2 Å². The maximum atomic E-state index is 9.63. The van der Waals surface area contributed by atoms with Crippen LogP contribution in [0.5, 0.6) is 17.4 Å². The van der Waals surface area contributed by atoms with Gasteiger partial charge in [-0.05, 0) is 31.5 Å². The van der Waals surface area contributed by atoms with Crippen molar-refractivity contribution in [3.63, 3.8) is 0 Å². The molecule has 2 aromatic rings. The summed E-state index contributed by atoms with van der Waals surface area (Å²) < 4.78 is 16.9. The largest absolute Gasteiger partial charge is 0.490 e. The number of nitrogens with one attached hydrogen (secondary N) is 1. The minimum atomic E-state index is -0.393. The average Bonchev–Trinajstić information content (AvgIpc) is 3.00. The number of nitrogens with two attached hydrogens (primary N) is 1. The van der Waals surface area contributed by atoms with Gasteiger partial charge in [0.25, 0.3) is 0 Å². The second-order valence-electron chi connectivity index (χ2n) is 5.73. The molecule has 26 heavy (non-hydrogen) atoms. The Morgan fingerprint density at radius 3 is 2.92 bits per heavy atom. The van der Waals surface area contributed by atoms with Crippen LogP contribution in [0.2, 0.25) is 0 Å². The van der Waals surface area contributed by atoms with Crippen molar-refractivity contribution in [3.8, 4) is 23.4 Å². The van der Waals surface area contributed by atoms with Gasteiger partial charge in [-0.3, -0.25) is 5.10 Å². The summed E-state index contributed by atoms with van der Waals surface area (Å²) in [7, 11) is 0. The molecule has 1 aromatic heterocycles. The number of aryl methyl sites for hydroxylation is 1. The molecule has 1 aliphatic rings. The van der Waals surface area contributed by atoms with Crippen LogP contribution in [-0.2, 0) is 0 Å². The van der Waals surface area contributed by atoms with E-state index in [4.69, 9.17) is 19.9 Å². The highest BCUT2D eigenvalue weighted by molar-refractivity contribution is 5.57. The van der Waals surface area contributed by atoms with Crippen molar-refractivity contribution in [2.75, 3.05) is 13.2 Å². The number of rotatable bonds is 6. The molecular weight excluding hydrogens is 332 g/mol. The van der Waals surface area contributed by atoms with E-state index >= 15 is 0 Å². The lowest BCUT2D eigenvalue weighted by Crippen LogP contribution is -2.21. The first-order valence-corrected chi connectivity index (χ1v) is 8.23. The highest BCUT2D eigenvalue weighted by Crippen LogP contribution is 2.44. The Balaban J connectivity index is 2.12. The lowest BCUT2D eigenvalue weighted by atomic mass is 9.84. The van der Waals surface area contributed by atoms with Gasteiger partial charge < -0.3 is 19.9 Å². The number of nitrogens with zero attached hydrogens (tertiary/aromatic N) is 2. The highest BCUT2D eigenvalue weighted by Gasteiger charge is 2.34. The summed E-state index contributed by atoms with van der Waals surface area (Å²) in [5.74, 6) is 1.25. The van der Waals surface area contributed by atoms with Gasteiger partial charge in [-0.1, -0.05) is 18.7 Å². The third kappa shape index (κ3) is 2.97. The Hall–Kier alpha value is -3.40. The number of hydrogen-bond donors (Lipinski definition) is 2. The summed E-state index contributed by atoms with van der Waals surface area (Å²) in [6.45, 7) is 8.29. The number of aromatic amines is 1. The van der Waals surface area contributed by atoms with Crippen molar-refractivity contribution < 1.29 is 14.2 Å². The topological polar surface area (TPSA) is 106 Å². The second-order valence-corrected chi connectivity index (χ2v) is 5.73. The molecule has 1 atom stereocenters. The molecule has 1 aromatic carbocycles. The third-order valence-electron chi connectivity index (χ3n) is 4.09. The first-order valence-electron chi connectivity index (χ1n) is 8.23. The summed E-state index contributed by atoms with van der Waals surface area (Å²) in [5.41, 5.74) is 8.73. The Morgan fingerprint density at radius 2 is 2.23 bits per heavy atom. The number of fused-ring (bicyclic) bond motifs is 1. The van der Waals surface area contributed by atoms with E-state index in [2.05, 4.69) is 22.8 Å². The van der Waals surface area contributed by atoms with E-state index in [1.54, 1.807) is 6.08 Å². The lowest BCUT2D eigenvalue weighted by Gasteiger charge is -2.24. The van der Waals surface area contributed by atoms with E-state index in [9.17, 15) is 5.26 Å². The van der Waals surface area contributed by atoms with Crippen LogP contribution in [0.4, 0.5) is 0 Å². The first kappa shape index (κ1) is 17.4. The number of hydrogen-bond acceptors (Lipinski definition) is 6. The third-order valence-corrected chi connectivity index (χ3v) is 4.09. The fraction of sp³-hybridized carbons (Fsp3) is 0.263. The van der Waals surface area contributed by atoms with Gasteiger partial charge >= 0.3 is 0 Å². The minimum Gasteiger partial charge on any atom is -0.490 e. The number of aromatic nitrogens is 2. The molecule has 2 heterocycles. The minimum absolute atomic E-state index is 0.0569. The van der Waals surface area contributed by atoms with Crippen LogP contribution >= 0.6 is 0 Å². The van der Waals surface area contributed by atoms with Crippen LogP contribution in [0.3, 0.4) is 0 Å². The zero-order valence-electron chi connectivity index (χ0n) is 14.7. The van der Waals surface area contributed by atoms with Crippen molar-refractivity contribution >= 4 is 0 Å². The molecule has 0 bridgehead atoms. The van der Waals surface area contributed by atoms with Crippen LogP contribution in [0, 0.1) is 18.3 Å². The number of H-pyrrole nitrogens is 1. The van der Waals surface area contributed by atoms with E-state index in [1.165, 1.54) is 0 Å². The van der Waals surface area contributed by atoms with Crippen LogP contribution in [-0.4, -0.2) is 23.4 Å². The normalized spacial score (nSPS) is 15.7. The molecule has 0 radical (unpaired) electrons. The SMILES string of the molecule is C=CCOc1ccc(C2C(C#N)=C(N)Oc3n[nH]c(C)c32)cc1OCC. The van der Waals surface area contributed by atoms with Gasteiger partial charge in [0.05, 0.1) is 12.5 Å². The van der Waals surface area contributed by atoms with Gasteiger partial charge in [0.15, 0.2) is 11.5 Å². The molecule has 1 aliphatic heterocycles. The van der Waals surface area contributed by atoms with E-state index in [1.807, 2.05) is 32.0 Å². The molecular formula is C19H20N4O3. The van der Waals surface area contributed by atoms with Gasteiger partial charge in [0, 0.05) is 11.3 Å². The van der Waals surface area contributed by atoms with Crippen LogP contribution in [0.25, 0.3) is 0 Å². The van der Waals surface area contributed by atoms with E-state index < -0.39 is 5.92 Å². The van der Waals surface area contributed by atoms with Gasteiger partial charge in [-0.25, -0.2) is 0 Å². The summed E-state index contributed by atoms with van der Waals surface area (Å²) in [4.78, 5) is 0. The summed E-state index contributed by atoms with van der Waals surface area (Å²) in [6.07, 6.45) is 1.67. The quantitative estimate of drug-likeness (QED) is 0.774. The molecule has 7 heteroatoms. The number of ether oxygens (including phenoxy) is 3. The predicted molar refractivity (Wildman–Crippen MR) is 95.9 cm³/mol. The molecule has 0 saturated heterocycles. The number of benzene rings is 1. The van der Waals surface area contributed by atoms with Crippen molar-refractivity contribution in [3.05, 3.63) is 59.1 Å². The van der Waals surface area contributed by atoms with Crippen LogP contribution < -0.4 is 19.9 Å².